The molecule has 0 bridgehead atoms. The molecule has 0 radical (unpaired) electrons. The van der Waals surface area contributed by atoms with E-state index in [9.17, 15) is 31.5 Å². The zero-order valence-electron chi connectivity index (χ0n) is 18.0. The average Bonchev–Trinajstić information content (AvgIpc) is 2.78. The average molecular weight is 467 g/mol. The number of carbonyl (C=O) groups is 2. The number of halogens is 5. The normalized spacial score (nSPS) is 18.3. The fourth-order valence-electron chi connectivity index (χ4n) is 3.52. The SMILES string of the molecule is CC[C@@H]([C@@H](CC(C)C)C(=O)Oc1c(F)c(F)c(F)c(F)c1F)N(C=O)OC1CCCCO1. The van der Waals surface area contributed by atoms with Gasteiger partial charge in [-0.15, -0.1) is 0 Å². The maximum Gasteiger partial charge on any atom is 0.316 e. The summed E-state index contributed by atoms with van der Waals surface area (Å²) in [4.78, 5) is 30.1. The number of esters is 1. The number of ether oxygens (including phenoxy) is 2. The van der Waals surface area contributed by atoms with Gasteiger partial charge in [-0.25, -0.2) is 23.1 Å². The molecule has 1 saturated heterocycles. The third-order valence-corrected chi connectivity index (χ3v) is 5.09. The number of nitrogens with zero attached hydrogens (tertiary/aromatic N) is 1. The number of hydrogen-bond donors (Lipinski definition) is 0. The van der Waals surface area contributed by atoms with Crippen LogP contribution in [0.1, 0.15) is 52.9 Å². The lowest BCUT2D eigenvalue weighted by Crippen LogP contribution is -2.46. The van der Waals surface area contributed by atoms with Gasteiger partial charge in [0.05, 0.1) is 12.0 Å². The van der Waals surface area contributed by atoms with E-state index in [0.717, 1.165) is 17.9 Å². The Hall–Kier alpha value is -2.27. The molecule has 1 aromatic rings. The molecule has 0 aliphatic carbocycles. The van der Waals surface area contributed by atoms with Crippen LogP contribution in [-0.2, 0) is 19.2 Å². The molecule has 1 aliphatic rings. The quantitative estimate of drug-likeness (QED) is 0.0954. The van der Waals surface area contributed by atoms with Crippen LogP contribution in [0, 0.1) is 40.9 Å². The molecular weight excluding hydrogens is 441 g/mol. The number of amides is 1. The lowest BCUT2D eigenvalue weighted by molar-refractivity contribution is -0.290. The minimum atomic E-state index is -2.36. The van der Waals surface area contributed by atoms with Crippen LogP contribution < -0.4 is 4.74 Å². The summed E-state index contributed by atoms with van der Waals surface area (Å²) in [5, 5.41) is 0.892. The van der Waals surface area contributed by atoms with Crippen molar-refractivity contribution < 1.29 is 45.9 Å². The zero-order chi connectivity index (χ0) is 24.0. The fourth-order valence-corrected chi connectivity index (χ4v) is 3.52. The largest absolute Gasteiger partial charge is 0.420 e. The molecule has 2 rings (SSSR count). The van der Waals surface area contributed by atoms with E-state index >= 15 is 0 Å². The van der Waals surface area contributed by atoms with E-state index in [1.807, 2.05) is 0 Å². The summed E-state index contributed by atoms with van der Waals surface area (Å²) in [5.74, 6) is -15.6. The van der Waals surface area contributed by atoms with Crippen molar-refractivity contribution in [3.05, 3.63) is 29.1 Å². The van der Waals surface area contributed by atoms with Crippen molar-refractivity contribution in [2.75, 3.05) is 6.61 Å². The Kier molecular flexibility index (Phi) is 9.38. The predicted molar refractivity (Wildman–Crippen MR) is 101 cm³/mol. The van der Waals surface area contributed by atoms with Crippen molar-refractivity contribution in [3.63, 3.8) is 0 Å². The van der Waals surface area contributed by atoms with Crippen molar-refractivity contribution in [2.45, 2.75) is 65.2 Å². The molecule has 3 atom stereocenters. The van der Waals surface area contributed by atoms with Gasteiger partial charge >= 0.3 is 5.97 Å². The van der Waals surface area contributed by atoms with Crippen molar-refractivity contribution >= 4 is 12.4 Å². The Labute approximate surface area is 182 Å². The first-order valence-electron chi connectivity index (χ1n) is 10.4. The Bertz CT molecular complexity index is 787. The first-order valence-corrected chi connectivity index (χ1v) is 10.4. The first-order chi connectivity index (χ1) is 15.1. The van der Waals surface area contributed by atoms with E-state index in [2.05, 4.69) is 4.74 Å². The van der Waals surface area contributed by atoms with Gasteiger partial charge < -0.3 is 9.47 Å². The van der Waals surface area contributed by atoms with Crippen LogP contribution in [0.4, 0.5) is 22.0 Å². The van der Waals surface area contributed by atoms with Crippen molar-refractivity contribution in [1.82, 2.24) is 5.06 Å². The monoisotopic (exact) mass is 467 g/mol. The molecule has 0 saturated carbocycles. The Morgan fingerprint density at radius 1 is 1.09 bits per heavy atom. The third-order valence-electron chi connectivity index (χ3n) is 5.09. The van der Waals surface area contributed by atoms with Gasteiger partial charge in [-0.2, -0.15) is 8.78 Å². The fraction of sp³-hybridized carbons (Fsp3) is 0.619. The molecule has 1 amide bonds. The van der Waals surface area contributed by atoms with Crippen LogP contribution in [0.3, 0.4) is 0 Å². The molecule has 1 unspecified atom stereocenters. The molecule has 0 aromatic heterocycles. The molecule has 1 heterocycles. The lowest BCUT2D eigenvalue weighted by atomic mass is 9.89. The topological polar surface area (TPSA) is 65.1 Å². The molecule has 0 N–H and O–H groups in total. The summed E-state index contributed by atoms with van der Waals surface area (Å²) in [6.07, 6.45) is 2.07. The minimum Gasteiger partial charge on any atom is -0.420 e. The number of hydroxylamine groups is 2. The molecular formula is C21H26F5NO5. The van der Waals surface area contributed by atoms with Crippen LogP contribution in [0.5, 0.6) is 5.75 Å². The number of hydrogen-bond acceptors (Lipinski definition) is 5. The molecule has 11 heteroatoms. The highest BCUT2D eigenvalue weighted by atomic mass is 19.2. The predicted octanol–water partition coefficient (Wildman–Crippen LogP) is 4.65. The van der Waals surface area contributed by atoms with Crippen LogP contribution in [0.2, 0.25) is 0 Å². The Balaban J connectivity index is 2.32. The number of rotatable bonds is 10. The molecule has 6 nitrogen and oxygen atoms in total. The van der Waals surface area contributed by atoms with Gasteiger partial charge in [0.1, 0.15) is 0 Å². The van der Waals surface area contributed by atoms with Crippen molar-refractivity contribution in [1.29, 1.82) is 0 Å². The van der Waals surface area contributed by atoms with Gasteiger partial charge in [0, 0.05) is 13.0 Å². The van der Waals surface area contributed by atoms with Crippen LogP contribution >= 0.6 is 0 Å². The summed E-state index contributed by atoms with van der Waals surface area (Å²) < 4.78 is 78.4. The van der Waals surface area contributed by atoms with Gasteiger partial charge in [-0.1, -0.05) is 20.8 Å². The second kappa shape index (κ2) is 11.6. The first kappa shape index (κ1) is 26.0. The molecule has 180 valence electrons. The van der Waals surface area contributed by atoms with E-state index < -0.39 is 59.1 Å². The van der Waals surface area contributed by atoms with Gasteiger partial charge in [-0.3, -0.25) is 9.59 Å². The molecule has 0 spiro atoms. The lowest BCUT2D eigenvalue weighted by Gasteiger charge is -2.35. The highest BCUT2D eigenvalue weighted by molar-refractivity contribution is 5.76. The zero-order valence-corrected chi connectivity index (χ0v) is 18.0. The van der Waals surface area contributed by atoms with Crippen molar-refractivity contribution in [3.8, 4) is 5.75 Å². The van der Waals surface area contributed by atoms with E-state index in [4.69, 9.17) is 9.57 Å². The highest BCUT2D eigenvalue weighted by Gasteiger charge is 2.37. The van der Waals surface area contributed by atoms with E-state index in [-0.39, 0.29) is 18.8 Å². The van der Waals surface area contributed by atoms with E-state index in [0.29, 0.717) is 19.4 Å². The third kappa shape index (κ3) is 5.94. The smallest absolute Gasteiger partial charge is 0.316 e. The minimum absolute atomic E-state index is 0.0892. The molecule has 32 heavy (non-hydrogen) atoms. The van der Waals surface area contributed by atoms with Gasteiger partial charge in [-0.05, 0) is 31.6 Å². The summed E-state index contributed by atoms with van der Waals surface area (Å²) in [6.45, 7) is 5.58. The standard InChI is InChI=1S/C21H26F5NO5/c1-4-13(27(10-28)32-14-7-5-6-8-30-14)12(9-11(2)3)21(29)31-20-18(25)16(23)15(22)17(24)19(20)26/h10-14H,4-9H2,1-3H3/t12-,13+,14?/m1/s1. The summed E-state index contributed by atoms with van der Waals surface area (Å²) in [7, 11) is 0. The van der Waals surface area contributed by atoms with Gasteiger partial charge in [0.2, 0.25) is 41.2 Å². The second-order valence-corrected chi connectivity index (χ2v) is 7.90. The van der Waals surface area contributed by atoms with Gasteiger partial charge in [0.25, 0.3) is 0 Å². The van der Waals surface area contributed by atoms with E-state index in [1.165, 1.54) is 0 Å². The molecule has 1 aliphatic heterocycles. The summed E-state index contributed by atoms with van der Waals surface area (Å²) in [5.41, 5.74) is 0. The number of carbonyl (C=O) groups excluding carboxylic acids is 2. The van der Waals surface area contributed by atoms with Crippen LogP contribution in [0.25, 0.3) is 0 Å². The summed E-state index contributed by atoms with van der Waals surface area (Å²) in [6, 6.07) is -0.936. The Morgan fingerprint density at radius 2 is 1.69 bits per heavy atom. The maximum atomic E-state index is 14.0. The van der Waals surface area contributed by atoms with Crippen LogP contribution in [0.15, 0.2) is 0 Å². The number of benzene rings is 1. The molecule has 1 fully saturated rings. The maximum absolute atomic E-state index is 14.0. The summed E-state index contributed by atoms with van der Waals surface area (Å²) >= 11 is 0. The van der Waals surface area contributed by atoms with Gasteiger partial charge in [0.15, 0.2) is 6.29 Å². The Morgan fingerprint density at radius 3 is 2.16 bits per heavy atom. The highest BCUT2D eigenvalue weighted by Crippen LogP contribution is 2.32. The van der Waals surface area contributed by atoms with Crippen molar-refractivity contribution in [2.24, 2.45) is 11.8 Å². The van der Waals surface area contributed by atoms with E-state index in [1.54, 1.807) is 20.8 Å². The second-order valence-electron chi connectivity index (χ2n) is 7.90. The molecule has 1 aromatic carbocycles. The van der Waals surface area contributed by atoms with Crippen LogP contribution in [-0.4, -0.2) is 36.4 Å².